The second-order valence-electron chi connectivity index (χ2n) is 4.46. The fourth-order valence-electron chi connectivity index (χ4n) is 2.23. The van der Waals surface area contributed by atoms with E-state index in [0.29, 0.717) is 11.1 Å². The Bertz CT molecular complexity index is 787. The number of ether oxygens (including phenoxy) is 4. The number of carbonyl (C=O) groups excluding carboxylic acids is 2. The molecule has 23 heavy (non-hydrogen) atoms. The number of esters is 2. The summed E-state index contributed by atoms with van der Waals surface area (Å²) in [4.78, 5) is 28.1. The van der Waals surface area contributed by atoms with Crippen LogP contribution in [0.25, 0.3) is 10.9 Å². The minimum Gasteiger partial charge on any atom is -0.493 e. The van der Waals surface area contributed by atoms with Crippen LogP contribution < -0.4 is 15.2 Å². The SMILES string of the molecule is COC(=O)c1cc(C(=O)OC)c2c(N)cc(OC)c(OC)c2n1. The number of fused-ring (bicyclic) bond motifs is 1. The number of rotatable bonds is 4. The summed E-state index contributed by atoms with van der Waals surface area (Å²) in [6.45, 7) is 0. The van der Waals surface area contributed by atoms with Crippen LogP contribution in [0.2, 0.25) is 0 Å². The van der Waals surface area contributed by atoms with E-state index in [0.717, 1.165) is 0 Å². The minimum absolute atomic E-state index is 0.0775. The highest BCUT2D eigenvalue weighted by molar-refractivity contribution is 6.12. The molecule has 2 rings (SSSR count). The molecular formula is C15H16N2O6. The lowest BCUT2D eigenvalue weighted by Gasteiger charge is -2.15. The third-order valence-corrected chi connectivity index (χ3v) is 3.26. The van der Waals surface area contributed by atoms with E-state index in [1.54, 1.807) is 0 Å². The zero-order valence-corrected chi connectivity index (χ0v) is 13.1. The van der Waals surface area contributed by atoms with Gasteiger partial charge < -0.3 is 24.7 Å². The van der Waals surface area contributed by atoms with Crippen molar-refractivity contribution in [2.45, 2.75) is 0 Å². The molecule has 0 radical (unpaired) electrons. The monoisotopic (exact) mass is 320 g/mol. The lowest BCUT2D eigenvalue weighted by Crippen LogP contribution is -2.11. The average Bonchev–Trinajstić information content (AvgIpc) is 2.58. The Morgan fingerprint density at radius 3 is 2.17 bits per heavy atom. The summed E-state index contributed by atoms with van der Waals surface area (Å²) >= 11 is 0. The number of benzene rings is 1. The van der Waals surface area contributed by atoms with E-state index >= 15 is 0 Å². The van der Waals surface area contributed by atoms with Crippen LogP contribution in [0.3, 0.4) is 0 Å². The third-order valence-electron chi connectivity index (χ3n) is 3.26. The molecule has 8 nitrogen and oxygen atoms in total. The van der Waals surface area contributed by atoms with Gasteiger partial charge in [0, 0.05) is 17.1 Å². The maximum atomic E-state index is 12.1. The van der Waals surface area contributed by atoms with Crippen molar-refractivity contribution in [1.29, 1.82) is 0 Å². The Hall–Kier alpha value is -3.03. The average molecular weight is 320 g/mol. The van der Waals surface area contributed by atoms with Gasteiger partial charge in [-0.3, -0.25) is 0 Å². The smallest absolute Gasteiger partial charge is 0.356 e. The molecule has 1 aromatic heterocycles. The lowest BCUT2D eigenvalue weighted by atomic mass is 10.0. The van der Waals surface area contributed by atoms with Gasteiger partial charge in [0.25, 0.3) is 0 Å². The molecule has 0 fully saturated rings. The Balaban J connectivity index is 2.97. The van der Waals surface area contributed by atoms with Gasteiger partial charge in [0.2, 0.25) is 0 Å². The number of pyridine rings is 1. The Labute approximate surface area is 132 Å². The third kappa shape index (κ3) is 2.70. The van der Waals surface area contributed by atoms with E-state index in [-0.39, 0.29) is 28.2 Å². The molecule has 1 aromatic carbocycles. The standard InChI is InChI=1S/C15H16N2O6/c1-20-10-6-8(16)11-7(14(18)22-3)5-9(15(19)23-4)17-12(11)13(10)21-2/h5-6H,16H2,1-4H3. The van der Waals surface area contributed by atoms with Crippen LogP contribution in [0.5, 0.6) is 11.5 Å². The summed E-state index contributed by atoms with van der Waals surface area (Å²) in [5.41, 5.74) is 6.45. The van der Waals surface area contributed by atoms with Crippen molar-refractivity contribution in [3.63, 3.8) is 0 Å². The second kappa shape index (κ2) is 6.39. The van der Waals surface area contributed by atoms with Gasteiger partial charge in [0.1, 0.15) is 11.2 Å². The maximum Gasteiger partial charge on any atom is 0.356 e. The number of nitrogens with zero attached hydrogens (tertiary/aromatic N) is 1. The van der Waals surface area contributed by atoms with Gasteiger partial charge in [-0.05, 0) is 6.07 Å². The molecule has 0 atom stereocenters. The number of nitrogens with two attached hydrogens (primary N) is 1. The Morgan fingerprint density at radius 2 is 1.65 bits per heavy atom. The van der Waals surface area contributed by atoms with Crippen LogP contribution in [-0.2, 0) is 9.47 Å². The van der Waals surface area contributed by atoms with E-state index in [9.17, 15) is 9.59 Å². The molecule has 0 aliphatic carbocycles. The van der Waals surface area contributed by atoms with E-state index in [2.05, 4.69) is 9.72 Å². The zero-order chi connectivity index (χ0) is 17.1. The van der Waals surface area contributed by atoms with Crippen LogP contribution in [0.1, 0.15) is 20.8 Å². The summed E-state index contributed by atoms with van der Waals surface area (Å²) < 4.78 is 19.9. The molecule has 8 heteroatoms. The molecule has 0 saturated heterocycles. The van der Waals surface area contributed by atoms with E-state index < -0.39 is 11.9 Å². The number of carbonyl (C=O) groups is 2. The highest BCUT2D eigenvalue weighted by Crippen LogP contribution is 2.40. The van der Waals surface area contributed by atoms with Crippen molar-refractivity contribution in [3.8, 4) is 11.5 Å². The fourth-order valence-corrected chi connectivity index (χ4v) is 2.23. The summed E-state index contributed by atoms with van der Waals surface area (Å²) in [5.74, 6) is -0.808. The molecule has 0 unspecified atom stereocenters. The first kappa shape index (κ1) is 16.3. The van der Waals surface area contributed by atoms with Crippen molar-refractivity contribution < 1.29 is 28.5 Å². The molecule has 0 aliphatic rings. The highest BCUT2D eigenvalue weighted by atomic mass is 16.5. The maximum absolute atomic E-state index is 12.1. The predicted octanol–water partition coefficient (Wildman–Crippen LogP) is 1.41. The second-order valence-corrected chi connectivity index (χ2v) is 4.46. The number of hydrogen-bond donors (Lipinski definition) is 1. The first-order chi connectivity index (χ1) is 11.0. The molecule has 0 spiro atoms. The number of aromatic nitrogens is 1. The highest BCUT2D eigenvalue weighted by Gasteiger charge is 2.23. The van der Waals surface area contributed by atoms with Crippen LogP contribution >= 0.6 is 0 Å². The van der Waals surface area contributed by atoms with Gasteiger partial charge in [0.05, 0.1) is 34.0 Å². The molecule has 2 aromatic rings. The van der Waals surface area contributed by atoms with E-state index in [4.69, 9.17) is 19.9 Å². The molecule has 0 amide bonds. The summed E-state index contributed by atoms with van der Waals surface area (Å²) in [7, 11) is 5.29. The summed E-state index contributed by atoms with van der Waals surface area (Å²) in [6.07, 6.45) is 0. The molecule has 0 saturated carbocycles. The normalized spacial score (nSPS) is 10.3. The van der Waals surface area contributed by atoms with E-state index in [1.807, 2.05) is 0 Å². The molecule has 2 N–H and O–H groups in total. The number of nitrogen functional groups attached to an aromatic ring is 1. The molecule has 122 valence electrons. The molecule has 0 bridgehead atoms. The van der Waals surface area contributed by atoms with Crippen molar-refractivity contribution in [1.82, 2.24) is 4.98 Å². The molecular weight excluding hydrogens is 304 g/mol. The van der Waals surface area contributed by atoms with Gasteiger partial charge in [-0.15, -0.1) is 0 Å². The van der Waals surface area contributed by atoms with Crippen LogP contribution in [0.4, 0.5) is 5.69 Å². The van der Waals surface area contributed by atoms with Gasteiger partial charge >= 0.3 is 11.9 Å². The van der Waals surface area contributed by atoms with Gasteiger partial charge in [0.15, 0.2) is 11.5 Å². The van der Waals surface area contributed by atoms with E-state index in [1.165, 1.54) is 40.6 Å². The van der Waals surface area contributed by atoms with Crippen molar-refractivity contribution in [2.24, 2.45) is 0 Å². The number of methoxy groups -OCH3 is 4. The van der Waals surface area contributed by atoms with Crippen molar-refractivity contribution >= 4 is 28.5 Å². The van der Waals surface area contributed by atoms with Gasteiger partial charge in [-0.2, -0.15) is 0 Å². The Kier molecular flexibility index (Phi) is 4.54. The largest absolute Gasteiger partial charge is 0.493 e. The van der Waals surface area contributed by atoms with Crippen LogP contribution in [0, 0.1) is 0 Å². The van der Waals surface area contributed by atoms with Gasteiger partial charge in [-0.1, -0.05) is 0 Å². The summed E-state index contributed by atoms with van der Waals surface area (Å²) in [5, 5.41) is 0.308. The van der Waals surface area contributed by atoms with Crippen LogP contribution in [-0.4, -0.2) is 45.4 Å². The van der Waals surface area contributed by atoms with Crippen LogP contribution in [0.15, 0.2) is 12.1 Å². The predicted molar refractivity (Wildman–Crippen MR) is 81.9 cm³/mol. The quantitative estimate of drug-likeness (QED) is 0.665. The minimum atomic E-state index is -0.708. The van der Waals surface area contributed by atoms with Crippen molar-refractivity contribution in [3.05, 3.63) is 23.4 Å². The molecule has 1 heterocycles. The van der Waals surface area contributed by atoms with Gasteiger partial charge in [-0.25, -0.2) is 14.6 Å². The first-order valence-corrected chi connectivity index (χ1v) is 6.50. The number of hydrogen-bond acceptors (Lipinski definition) is 8. The molecule has 0 aliphatic heterocycles. The first-order valence-electron chi connectivity index (χ1n) is 6.50. The topological polar surface area (TPSA) is 110 Å². The van der Waals surface area contributed by atoms with Crippen molar-refractivity contribution in [2.75, 3.05) is 34.2 Å². The summed E-state index contributed by atoms with van der Waals surface area (Å²) in [6, 6.07) is 2.77. The fraction of sp³-hybridized carbons (Fsp3) is 0.267. The Morgan fingerprint density at radius 1 is 1.00 bits per heavy atom. The number of anilines is 1. The lowest BCUT2D eigenvalue weighted by molar-refractivity contribution is 0.0594. The zero-order valence-electron chi connectivity index (χ0n) is 13.1.